The molecule has 4 heteroatoms. The van der Waals surface area contributed by atoms with Gasteiger partial charge in [0, 0.05) is 19.0 Å². The Bertz CT molecular complexity index is 349. The Morgan fingerprint density at radius 2 is 2.06 bits per heavy atom. The van der Waals surface area contributed by atoms with E-state index in [0.717, 1.165) is 11.3 Å². The lowest BCUT2D eigenvalue weighted by molar-refractivity contribution is -0.117. The van der Waals surface area contributed by atoms with Crippen molar-refractivity contribution in [3.05, 3.63) is 29.8 Å². The summed E-state index contributed by atoms with van der Waals surface area (Å²) in [5.74, 6) is 0.594. The summed E-state index contributed by atoms with van der Waals surface area (Å²) in [6.07, 6.45) is 0.362. The van der Waals surface area contributed by atoms with E-state index in [1.54, 1.807) is 0 Å². The van der Waals surface area contributed by atoms with Gasteiger partial charge in [-0.2, -0.15) is 0 Å². The van der Waals surface area contributed by atoms with E-state index in [1.807, 2.05) is 31.2 Å². The third-order valence-corrected chi connectivity index (χ3v) is 2.51. The lowest BCUT2D eigenvalue weighted by atomic mass is 10.1. The van der Waals surface area contributed by atoms with Gasteiger partial charge in [-0.15, -0.1) is 0 Å². The van der Waals surface area contributed by atoms with Gasteiger partial charge in [-0.05, 0) is 31.5 Å². The van der Waals surface area contributed by atoms with Gasteiger partial charge in [-0.25, -0.2) is 0 Å². The summed E-state index contributed by atoms with van der Waals surface area (Å²) in [4.78, 5) is 10.6. The molecule has 1 unspecified atom stereocenters. The first-order valence-corrected chi connectivity index (χ1v) is 5.88. The van der Waals surface area contributed by atoms with Gasteiger partial charge in [-0.3, -0.25) is 4.79 Å². The van der Waals surface area contributed by atoms with Gasteiger partial charge >= 0.3 is 0 Å². The third kappa shape index (κ3) is 4.87. The normalized spacial score (nSPS) is 12.1. The lowest BCUT2D eigenvalue weighted by Gasteiger charge is -2.14. The zero-order chi connectivity index (χ0) is 12.7. The Morgan fingerprint density at radius 3 is 2.59 bits per heavy atom. The summed E-state index contributed by atoms with van der Waals surface area (Å²) in [7, 11) is 0. The van der Waals surface area contributed by atoms with Crippen LogP contribution in [0.1, 0.15) is 31.9 Å². The number of nitrogens with two attached hydrogens (primary N) is 1. The smallest absolute Gasteiger partial charge is 0.218 e. The molecule has 0 radical (unpaired) electrons. The van der Waals surface area contributed by atoms with Gasteiger partial charge in [-0.1, -0.05) is 12.1 Å². The number of nitrogens with one attached hydrogen (secondary N) is 1. The SMILES string of the molecule is CCOc1ccc(C(C)NCCC(N)=O)cc1. The van der Waals surface area contributed by atoms with E-state index in [0.29, 0.717) is 19.6 Å². The van der Waals surface area contributed by atoms with Gasteiger partial charge < -0.3 is 15.8 Å². The fourth-order valence-corrected chi connectivity index (χ4v) is 1.55. The zero-order valence-electron chi connectivity index (χ0n) is 10.4. The second kappa shape index (κ2) is 6.91. The van der Waals surface area contributed by atoms with Gasteiger partial charge in [0.05, 0.1) is 6.61 Å². The van der Waals surface area contributed by atoms with Crippen molar-refractivity contribution in [3.8, 4) is 5.75 Å². The number of carbonyl (C=O) groups is 1. The molecule has 94 valence electrons. The molecule has 0 bridgehead atoms. The van der Waals surface area contributed by atoms with Crippen LogP contribution in [0.2, 0.25) is 0 Å². The van der Waals surface area contributed by atoms with E-state index in [2.05, 4.69) is 12.2 Å². The fourth-order valence-electron chi connectivity index (χ4n) is 1.55. The van der Waals surface area contributed by atoms with Crippen LogP contribution in [0.5, 0.6) is 5.75 Å². The van der Waals surface area contributed by atoms with Crippen LogP contribution in [0.15, 0.2) is 24.3 Å². The molecule has 4 nitrogen and oxygen atoms in total. The minimum absolute atomic E-state index is 0.199. The summed E-state index contributed by atoms with van der Waals surface area (Å²) in [6, 6.07) is 8.14. The van der Waals surface area contributed by atoms with Crippen LogP contribution in [0.4, 0.5) is 0 Å². The first kappa shape index (κ1) is 13.5. The van der Waals surface area contributed by atoms with Crippen LogP contribution in [0.25, 0.3) is 0 Å². The third-order valence-electron chi connectivity index (χ3n) is 2.51. The predicted molar refractivity (Wildman–Crippen MR) is 67.8 cm³/mol. The maximum Gasteiger partial charge on any atom is 0.218 e. The standard InChI is InChI=1S/C13H20N2O2/c1-3-17-12-6-4-11(5-7-12)10(2)15-9-8-13(14)16/h4-7,10,15H,3,8-9H2,1-2H3,(H2,14,16). The van der Waals surface area contributed by atoms with E-state index in [-0.39, 0.29) is 11.9 Å². The van der Waals surface area contributed by atoms with Crippen molar-refractivity contribution in [2.24, 2.45) is 5.73 Å². The first-order valence-electron chi connectivity index (χ1n) is 5.88. The average molecular weight is 236 g/mol. The van der Waals surface area contributed by atoms with Gasteiger partial charge in [0.2, 0.25) is 5.91 Å². The summed E-state index contributed by atoms with van der Waals surface area (Å²) < 4.78 is 5.37. The highest BCUT2D eigenvalue weighted by atomic mass is 16.5. The number of ether oxygens (including phenoxy) is 1. The Balaban J connectivity index is 2.45. The number of hydrogen-bond donors (Lipinski definition) is 2. The van der Waals surface area contributed by atoms with Gasteiger partial charge in [0.1, 0.15) is 5.75 Å². The quantitative estimate of drug-likeness (QED) is 0.756. The fraction of sp³-hybridized carbons (Fsp3) is 0.462. The van der Waals surface area contributed by atoms with Crippen LogP contribution in [0, 0.1) is 0 Å². The highest BCUT2D eigenvalue weighted by Crippen LogP contribution is 2.17. The molecule has 0 fully saturated rings. The Labute approximate surface area is 102 Å². The van der Waals surface area contributed by atoms with Crippen molar-refractivity contribution >= 4 is 5.91 Å². The van der Waals surface area contributed by atoms with E-state index >= 15 is 0 Å². The summed E-state index contributed by atoms with van der Waals surface area (Å²) in [5, 5.41) is 3.24. The molecule has 1 amide bonds. The first-order chi connectivity index (χ1) is 8.13. The highest BCUT2D eigenvalue weighted by Gasteiger charge is 2.05. The molecule has 0 aliphatic carbocycles. The van der Waals surface area contributed by atoms with Crippen LogP contribution < -0.4 is 15.8 Å². The number of rotatable bonds is 7. The molecule has 0 aliphatic heterocycles. The van der Waals surface area contributed by atoms with E-state index in [9.17, 15) is 4.79 Å². The van der Waals surface area contributed by atoms with Crippen molar-refractivity contribution in [1.82, 2.24) is 5.32 Å². The number of hydrogen-bond acceptors (Lipinski definition) is 3. The summed E-state index contributed by atoms with van der Waals surface area (Å²) >= 11 is 0. The molecule has 0 aromatic heterocycles. The molecule has 1 aromatic carbocycles. The Kier molecular flexibility index (Phi) is 5.49. The highest BCUT2D eigenvalue weighted by molar-refractivity contribution is 5.73. The molecule has 17 heavy (non-hydrogen) atoms. The maximum absolute atomic E-state index is 10.6. The zero-order valence-corrected chi connectivity index (χ0v) is 10.4. The van der Waals surface area contributed by atoms with E-state index < -0.39 is 0 Å². The number of primary amides is 1. The molecule has 0 saturated heterocycles. The minimum Gasteiger partial charge on any atom is -0.494 e. The molecular formula is C13H20N2O2. The second-order valence-corrected chi connectivity index (χ2v) is 3.89. The van der Waals surface area contributed by atoms with Crippen LogP contribution >= 0.6 is 0 Å². The van der Waals surface area contributed by atoms with Crippen molar-refractivity contribution in [3.63, 3.8) is 0 Å². The summed E-state index contributed by atoms with van der Waals surface area (Å²) in [6.45, 7) is 5.29. The topological polar surface area (TPSA) is 64.3 Å². The number of benzene rings is 1. The van der Waals surface area contributed by atoms with E-state index in [1.165, 1.54) is 0 Å². The van der Waals surface area contributed by atoms with Crippen molar-refractivity contribution < 1.29 is 9.53 Å². The molecule has 1 aromatic rings. The monoisotopic (exact) mass is 236 g/mol. The molecule has 3 N–H and O–H groups in total. The predicted octanol–water partition coefficient (Wildman–Crippen LogP) is 1.61. The Hall–Kier alpha value is -1.55. The van der Waals surface area contributed by atoms with Crippen molar-refractivity contribution in [2.45, 2.75) is 26.3 Å². The minimum atomic E-state index is -0.281. The second-order valence-electron chi connectivity index (χ2n) is 3.89. The molecule has 0 spiro atoms. The molecule has 1 atom stereocenters. The van der Waals surface area contributed by atoms with Crippen molar-refractivity contribution in [2.75, 3.05) is 13.2 Å². The maximum atomic E-state index is 10.6. The number of amides is 1. The number of carbonyl (C=O) groups excluding carboxylic acids is 1. The molecule has 0 aliphatic rings. The largest absolute Gasteiger partial charge is 0.494 e. The van der Waals surface area contributed by atoms with Crippen LogP contribution in [-0.4, -0.2) is 19.1 Å². The Morgan fingerprint density at radius 1 is 1.41 bits per heavy atom. The van der Waals surface area contributed by atoms with Crippen molar-refractivity contribution in [1.29, 1.82) is 0 Å². The van der Waals surface area contributed by atoms with Crippen LogP contribution in [-0.2, 0) is 4.79 Å². The lowest BCUT2D eigenvalue weighted by Crippen LogP contribution is -2.24. The van der Waals surface area contributed by atoms with Crippen LogP contribution in [0.3, 0.4) is 0 Å². The summed E-state index contributed by atoms with van der Waals surface area (Å²) in [5.41, 5.74) is 6.24. The molecule has 0 saturated carbocycles. The molecule has 1 rings (SSSR count). The van der Waals surface area contributed by atoms with Gasteiger partial charge in [0.25, 0.3) is 0 Å². The average Bonchev–Trinajstić information content (AvgIpc) is 2.30. The molecular weight excluding hydrogens is 216 g/mol. The van der Waals surface area contributed by atoms with Gasteiger partial charge in [0.15, 0.2) is 0 Å². The molecule has 0 heterocycles. The van der Waals surface area contributed by atoms with E-state index in [4.69, 9.17) is 10.5 Å².